The van der Waals surface area contributed by atoms with Crippen LogP contribution in [0.3, 0.4) is 0 Å². The van der Waals surface area contributed by atoms with Crippen molar-refractivity contribution in [3.05, 3.63) is 64.8 Å². The Morgan fingerprint density at radius 3 is 2.83 bits per heavy atom. The molecule has 0 fully saturated rings. The molecule has 0 radical (unpaired) electrons. The highest BCUT2D eigenvalue weighted by atomic mass is 32.1. The van der Waals surface area contributed by atoms with Gasteiger partial charge in [0.05, 0.1) is 17.1 Å². The smallest absolute Gasteiger partial charge is 0.226 e. The summed E-state index contributed by atoms with van der Waals surface area (Å²) in [4.78, 5) is 26.5. The normalized spacial score (nSPS) is 13.3. The second-order valence-electron chi connectivity index (χ2n) is 7.74. The van der Waals surface area contributed by atoms with E-state index in [9.17, 15) is 4.79 Å². The molecule has 0 aliphatic heterocycles. The molecule has 2 N–H and O–H groups in total. The monoisotopic (exact) mass is 416 g/mol. The molecule has 1 aliphatic carbocycles. The van der Waals surface area contributed by atoms with E-state index < -0.39 is 0 Å². The maximum atomic E-state index is 12.5. The second-order valence-corrected chi connectivity index (χ2v) is 8.82. The van der Waals surface area contributed by atoms with E-state index in [1.54, 1.807) is 11.3 Å². The molecule has 152 valence electrons. The van der Waals surface area contributed by atoms with Gasteiger partial charge in [-0.25, -0.2) is 4.98 Å². The number of carbonyl (C=O) groups is 1. The Balaban J connectivity index is 1.28. The maximum Gasteiger partial charge on any atom is 0.226 e. The van der Waals surface area contributed by atoms with Crippen LogP contribution in [-0.2, 0) is 24.1 Å². The molecule has 0 spiro atoms. The van der Waals surface area contributed by atoms with Crippen molar-refractivity contribution in [3.63, 3.8) is 0 Å². The highest BCUT2D eigenvalue weighted by molar-refractivity contribution is 7.15. The molecule has 5 rings (SSSR count). The third-order valence-corrected chi connectivity index (χ3v) is 6.73. The predicted octanol–water partition coefficient (Wildman–Crippen LogP) is 5.53. The molecule has 1 amide bonds. The number of carbonyl (C=O) groups excluding carboxylic acids is 1. The van der Waals surface area contributed by atoms with E-state index in [0.29, 0.717) is 6.42 Å². The average Bonchev–Trinajstić information content (AvgIpc) is 3.35. The second kappa shape index (κ2) is 8.40. The van der Waals surface area contributed by atoms with Crippen molar-refractivity contribution in [1.29, 1.82) is 0 Å². The number of aromatic amines is 1. The van der Waals surface area contributed by atoms with Gasteiger partial charge in [0, 0.05) is 28.4 Å². The molecule has 3 heterocycles. The van der Waals surface area contributed by atoms with E-state index in [2.05, 4.69) is 38.5 Å². The van der Waals surface area contributed by atoms with E-state index in [0.717, 1.165) is 47.7 Å². The molecule has 0 bridgehead atoms. The molecule has 4 aromatic rings. The Morgan fingerprint density at radius 2 is 1.97 bits per heavy atom. The minimum Gasteiger partial charge on any atom is -0.353 e. The number of aryl methyl sites for hydroxylation is 3. The van der Waals surface area contributed by atoms with Gasteiger partial charge in [-0.3, -0.25) is 9.78 Å². The molecule has 0 atom stereocenters. The van der Waals surface area contributed by atoms with Crippen molar-refractivity contribution < 1.29 is 4.79 Å². The van der Waals surface area contributed by atoms with Gasteiger partial charge in [0.1, 0.15) is 0 Å². The van der Waals surface area contributed by atoms with E-state index >= 15 is 0 Å². The number of nitrogens with one attached hydrogen (secondary N) is 2. The zero-order chi connectivity index (χ0) is 20.3. The standard InChI is InChI=1S/C24H24N4OS/c29-22(28-24-27-19-11-3-4-13-21(19)30-24)14-7-9-17-16-8-1-2-10-18(16)26-23(17)20-12-5-6-15-25-20/h1-2,5-6,8,10,12,15,26H,3-4,7,9,11,13-14H2,(H,27,28,29). The first-order valence-corrected chi connectivity index (χ1v) is 11.4. The van der Waals surface area contributed by atoms with E-state index in [1.807, 2.05) is 30.5 Å². The molecule has 0 unspecified atom stereocenters. The quantitative estimate of drug-likeness (QED) is 0.434. The summed E-state index contributed by atoms with van der Waals surface area (Å²) in [6.07, 6.45) is 8.45. The Bertz CT molecular complexity index is 1160. The molecule has 5 nitrogen and oxygen atoms in total. The van der Waals surface area contributed by atoms with E-state index in [1.165, 1.54) is 34.4 Å². The number of hydrogen-bond donors (Lipinski definition) is 2. The summed E-state index contributed by atoms with van der Waals surface area (Å²) >= 11 is 1.64. The van der Waals surface area contributed by atoms with Crippen LogP contribution in [0.15, 0.2) is 48.7 Å². The van der Waals surface area contributed by atoms with Gasteiger partial charge in [0.25, 0.3) is 0 Å². The van der Waals surface area contributed by atoms with Gasteiger partial charge in [0.2, 0.25) is 5.91 Å². The maximum absolute atomic E-state index is 12.5. The number of thiazole rings is 1. The van der Waals surface area contributed by atoms with Crippen molar-refractivity contribution in [2.75, 3.05) is 5.32 Å². The van der Waals surface area contributed by atoms with Crippen molar-refractivity contribution in [3.8, 4) is 11.4 Å². The number of H-pyrrole nitrogens is 1. The first-order chi connectivity index (χ1) is 14.8. The third kappa shape index (κ3) is 3.87. The fraction of sp³-hybridized carbons (Fsp3) is 0.292. The Kier molecular flexibility index (Phi) is 5.32. The molecule has 30 heavy (non-hydrogen) atoms. The largest absolute Gasteiger partial charge is 0.353 e. The Hall–Kier alpha value is -2.99. The summed E-state index contributed by atoms with van der Waals surface area (Å²) in [5, 5.41) is 4.97. The van der Waals surface area contributed by atoms with Crippen LogP contribution in [0.4, 0.5) is 5.13 Å². The van der Waals surface area contributed by atoms with Crippen molar-refractivity contribution in [2.45, 2.75) is 44.9 Å². The fourth-order valence-corrected chi connectivity index (χ4v) is 5.27. The van der Waals surface area contributed by atoms with Crippen LogP contribution < -0.4 is 5.32 Å². The lowest BCUT2D eigenvalue weighted by molar-refractivity contribution is -0.116. The molecular formula is C24H24N4OS. The zero-order valence-electron chi connectivity index (χ0n) is 16.8. The summed E-state index contributed by atoms with van der Waals surface area (Å²) in [5.74, 6) is 0.0420. The number of nitrogens with zero attached hydrogens (tertiary/aromatic N) is 2. The highest BCUT2D eigenvalue weighted by Gasteiger charge is 2.17. The van der Waals surface area contributed by atoms with Gasteiger partial charge < -0.3 is 10.3 Å². The van der Waals surface area contributed by atoms with Crippen molar-refractivity contribution >= 4 is 33.3 Å². The minimum absolute atomic E-state index is 0.0420. The molecule has 6 heteroatoms. The van der Waals surface area contributed by atoms with Crippen LogP contribution >= 0.6 is 11.3 Å². The van der Waals surface area contributed by atoms with E-state index in [-0.39, 0.29) is 5.91 Å². The fourth-order valence-electron chi connectivity index (χ4n) is 4.20. The van der Waals surface area contributed by atoms with Gasteiger partial charge >= 0.3 is 0 Å². The topological polar surface area (TPSA) is 70.7 Å². The first-order valence-electron chi connectivity index (χ1n) is 10.6. The highest BCUT2D eigenvalue weighted by Crippen LogP contribution is 2.31. The Labute approximate surface area is 179 Å². The summed E-state index contributed by atoms with van der Waals surface area (Å²) in [7, 11) is 0. The lowest BCUT2D eigenvalue weighted by Gasteiger charge is -2.06. The number of pyridine rings is 1. The summed E-state index contributed by atoms with van der Waals surface area (Å²) in [5.41, 5.74) is 5.49. The minimum atomic E-state index is 0.0420. The number of rotatable bonds is 6. The summed E-state index contributed by atoms with van der Waals surface area (Å²) in [6, 6.07) is 14.2. The van der Waals surface area contributed by atoms with Crippen LogP contribution in [0.2, 0.25) is 0 Å². The van der Waals surface area contributed by atoms with Crippen LogP contribution in [-0.4, -0.2) is 20.9 Å². The predicted molar refractivity (Wildman–Crippen MR) is 122 cm³/mol. The first kappa shape index (κ1) is 19.0. The SMILES string of the molecule is O=C(CCCc1c(-c2ccccn2)[nH]c2ccccc12)Nc1nc2c(s1)CCCC2. The lowest BCUT2D eigenvalue weighted by Crippen LogP contribution is -2.11. The zero-order valence-corrected chi connectivity index (χ0v) is 17.6. The number of fused-ring (bicyclic) bond motifs is 2. The summed E-state index contributed by atoms with van der Waals surface area (Å²) < 4.78 is 0. The average molecular weight is 417 g/mol. The van der Waals surface area contributed by atoms with Crippen LogP contribution in [0.25, 0.3) is 22.3 Å². The van der Waals surface area contributed by atoms with Gasteiger partial charge in [-0.05, 0) is 62.3 Å². The van der Waals surface area contributed by atoms with Crippen LogP contribution in [0, 0.1) is 0 Å². The van der Waals surface area contributed by atoms with Gasteiger partial charge in [-0.1, -0.05) is 24.3 Å². The molecule has 0 saturated carbocycles. The van der Waals surface area contributed by atoms with E-state index in [4.69, 9.17) is 0 Å². The summed E-state index contributed by atoms with van der Waals surface area (Å²) in [6.45, 7) is 0. The number of para-hydroxylation sites is 1. The van der Waals surface area contributed by atoms with Gasteiger partial charge in [0.15, 0.2) is 5.13 Å². The lowest BCUT2D eigenvalue weighted by atomic mass is 10.0. The van der Waals surface area contributed by atoms with Crippen LogP contribution in [0.5, 0.6) is 0 Å². The number of hydrogen-bond acceptors (Lipinski definition) is 4. The van der Waals surface area contributed by atoms with Crippen molar-refractivity contribution in [1.82, 2.24) is 15.0 Å². The molecule has 0 saturated heterocycles. The van der Waals surface area contributed by atoms with Gasteiger partial charge in [-0.2, -0.15) is 0 Å². The molecule has 1 aromatic carbocycles. The number of aromatic nitrogens is 3. The molecule has 3 aromatic heterocycles. The molecular weight excluding hydrogens is 392 g/mol. The van der Waals surface area contributed by atoms with Gasteiger partial charge in [-0.15, -0.1) is 11.3 Å². The number of amides is 1. The Morgan fingerprint density at radius 1 is 1.10 bits per heavy atom. The van der Waals surface area contributed by atoms with Crippen molar-refractivity contribution in [2.24, 2.45) is 0 Å². The third-order valence-electron chi connectivity index (χ3n) is 5.66. The number of anilines is 1. The molecule has 1 aliphatic rings. The number of benzene rings is 1. The van der Waals surface area contributed by atoms with Crippen LogP contribution in [0.1, 0.15) is 41.8 Å².